The number of likely N-dealkylation sites (tertiary alicyclic amines) is 1. The summed E-state index contributed by atoms with van der Waals surface area (Å²) in [6.45, 7) is 4.69. The van der Waals surface area contributed by atoms with E-state index in [1.54, 1.807) is 7.11 Å². The van der Waals surface area contributed by atoms with Crippen LogP contribution in [0.15, 0.2) is 24.3 Å². The van der Waals surface area contributed by atoms with Crippen LogP contribution in [0.3, 0.4) is 0 Å². The SMILES string of the molecule is COCC1CCN(CCOc2ccc(C(=N)N)cc2)C1. The van der Waals surface area contributed by atoms with E-state index >= 15 is 0 Å². The van der Waals surface area contributed by atoms with Gasteiger partial charge in [-0.1, -0.05) is 0 Å². The first kappa shape index (κ1) is 14.8. The molecule has 3 N–H and O–H groups in total. The number of hydrogen-bond donors (Lipinski definition) is 2. The van der Waals surface area contributed by atoms with Gasteiger partial charge < -0.3 is 15.2 Å². The molecular weight excluding hydrogens is 254 g/mol. The van der Waals surface area contributed by atoms with Gasteiger partial charge in [0.05, 0.1) is 6.61 Å². The van der Waals surface area contributed by atoms with Crippen molar-refractivity contribution in [1.29, 1.82) is 5.41 Å². The third-order valence-corrected chi connectivity index (χ3v) is 3.61. The van der Waals surface area contributed by atoms with Gasteiger partial charge >= 0.3 is 0 Å². The molecule has 0 saturated carbocycles. The average molecular weight is 277 g/mol. The molecule has 20 heavy (non-hydrogen) atoms. The molecule has 1 unspecified atom stereocenters. The van der Waals surface area contributed by atoms with Crippen molar-refractivity contribution in [1.82, 2.24) is 4.90 Å². The van der Waals surface area contributed by atoms with Crippen LogP contribution in [0.5, 0.6) is 5.75 Å². The number of rotatable bonds is 7. The highest BCUT2D eigenvalue weighted by Crippen LogP contribution is 2.16. The highest BCUT2D eigenvalue weighted by Gasteiger charge is 2.21. The van der Waals surface area contributed by atoms with Crippen molar-refractivity contribution in [3.63, 3.8) is 0 Å². The van der Waals surface area contributed by atoms with Crippen molar-refractivity contribution in [2.45, 2.75) is 6.42 Å². The van der Waals surface area contributed by atoms with Crippen molar-refractivity contribution in [2.24, 2.45) is 11.7 Å². The van der Waals surface area contributed by atoms with E-state index in [9.17, 15) is 0 Å². The molecule has 2 rings (SSSR count). The standard InChI is InChI=1S/C15H23N3O2/c1-19-11-12-6-7-18(10-12)8-9-20-14-4-2-13(3-5-14)15(16)17/h2-5,12H,6-11H2,1H3,(H3,16,17). The number of methoxy groups -OCH3 is 1. The number of nitrogen functional groups attached to an aromatic ring is 1. The van der Waals surface area contributed by atoms with Crippen LogP contribution in [0, 0.1) is 11.3 Å². The molecule has 110 valence electrons. The van der Waals surface area contributed by atoms with E-state index in [-0.39, 0.29) is 5.84 Å². The fraction of sp³-hybridized carbons (Fsp3) is 0.533. The Balaban J connectivity index is 1.69. The maximum atomic E-state index is 7.33. The first-order valence-corrected chi connectivity index (χ1v) is 6.97. The zero-order valence-corrected chi connectivity index (χ0v) is 12.0. The minimum atomic E-state index is 0.0813. The van der Waals surface area contributed by atoms with Crippen molar-refractivity contribution in [3.05, 3.63) is 29.8 Å². The Morgan fingerprint density at radius 1 is 1.40 bits per heavy atom. The Morgan fingerprint density at radius 2 is 2.15 bits per heavy atom. The van der Waals surface area contributed by atoms with Crippen molar-refractivity contribution < 1.29 is 9.47 Å². The average Bonchev–Trinajstić information content (AvgIpc) is 2.87. The van der Waals surface area contributed by atoms with Gasteiger partial charge in [-0.25, -0.2) is 0 Å². The molecular formula is C15H23N3O2. The Labute approximate surface area is 120 Å². The smallest absolute Gasteiger partial charge is 0.122 e. The summed E-state index contributed by atoms with van der Waals surface area (Å²) in [4.78, 5) is 2.41. The summed E-state index contributed by atoms with van der Waals surface area (Å²) in [7, 11) is 1.76. The lowest BCUT2D eigenvalue weighted by Gasteiger charge is -2.16. The molecule has 0 aliphatic carbocycles. The number of benzene rings is 1. The van der Waals surface area contributed by atoms with Crippen LogP contribution >= 0.6 is 0 Å². The summed E-state index contributed by atoms with van der Waals surface area (Å²) in [6.07, 6.45) is 1.21. The predicted molar refractivity (Wildman–Crippen MR) is 79.4 cm³/mol. The predicted octanol–water partition coefficient (Wildman–Crippen LogP) is 1.32. The second kappa shape index (κ2) is 7.26. The van der Waals surface area contributed by atoms with E-state index in [0.717, 1.165) is 37.6 Å². The van der Waals surface area contributed by atoms with Gasteiger partial charge in [-0.15, -0.1) is 0 Å². The molecule has 1 aromatic carbocycles. The van der Waals surface area contributed by atoms with E-state index in [1.165, 1.54) is 6.42 Å². The zero-order chi connectivity index (χ0) is 14.4. The van der Waals surface area contributed by atoms with E-state index in [1.807, 2.05) is 24.3 Å². The number of nitrogens with two attached hydrogens (primary N) is 1. The molecule has 5 nitrogen and oxygen atoms in total. The van der Waals surface area contributed by atoms with Gasteiger partial charge in [-0.3, -0.25) is 10.3 Å². The van der Waals surface area contributed by atoms with Gasteiger partial charge in [-0.05, 0) is 43.1 Å². The van der Waals surface area contributed by atoms with Gasteiger partial charge in [-0.2, -0.15) is 0 Å². The van der Waals surface area contributed by atoms with Crippen molar-refractivity contribution in [2.75, 3.05) is 40.0 Å². The second-order valence-electron chi connectivity index (χ2n) is 5.20. The van der Waals surface area contributed by atoms with Crippen LogP contribution in [-0.2, 0) is 4.74 Å². The van der Waals surface area contributed by atoms with Gasteiger partial charge in [0.25, 0.3) is 0 Å². The van der Waals surface area contributed by atoms with E-state index < -0.39 is 0 Å². The molecule has 1 saturated heterocycles. The molecule has 0 amide bonds. The Bertz CT molecular complexity index is 433. The third kappa shape index (κ3) is 4.21. The second-order valence-corrected chi connectivity index (χ2v) is 5.20. The summed E-state index contributed by atoms with van der Waals surface area (Å²) in [5, 5.41) is 7.33. The van der Waals surface area contributed by atoms with Crippen LogP contribution in [-0.4, -0.2) is 50.7 Å². The molecule has 0 spiro atoms. The number of hydrogen-bond acceptors (Lipinski definition) is 4. The molecule has 1 fully saturated rings. The molecule has 1 aliphatic heterocycles. The normalized spacial score (nSPS) is 19.1. The minimum Gasteiger partial charge on any atom is -0.492 e. The lowest BCUT2D eigenvalue weighted by Crippen LogP contribution is -2.26. The highest BCUT2D eigenvalue weighted by atomic mass is 16.5. The van der Waals surface area contributed by atoms with Crippen LogP contribution in [0.4, 0.5) is 0 Å². The maximum absolute atomic E-state index is 7.33. The van der Waals surface area contributed by atoms with Crippen LogP contribution in [0.1, 0.15) is 12.0 Å². The van der Waals surface area contributed by atoms with Crippen molar-refractivity contribution in [3.8, 4) is 5.75 Å². The molecule has 1 atom stereocenters. The summed E-state index contributed by atoms with van der Waals surface area (Å²) >= 11 is 0. The monoisotopic (exact) mass is 277 g/mol. The fourth-order valence-electron chi connectivity index (χ4n) is 2.51. The molecule has 0 bridgehead atoms. The summed E-state index contributed by atoms with van der Waals surface area (Å²) in [5.74, 6) is 1.57. The van der Waals surface area contributed by atoms with Gasteiger partial charge in [0.1, 0.15) is 18.2 Å². The van der Waals surface area contributed by atoms with Gasteiger partial charge in [0.2, 0.25) is 0 Å². The summed E-state index contributed by atoms with van der Waals surface area (Å²) in [5.41, 5.74) is 6.13. The quantitative estimate of drug-likeness (QED) is 0.582. The number of nitrogens with zero attached hydrogens (tertiary/aromatic N) is 1. The first-order chi connectivity index (χ1) is 9.69. The Hall–Kier alpha value is -1.59. The van der Waals surface area contributed by atoms with Gasteiger partial charge in [0, 0.05) is 25.8 Å². The lowest BCUT2D eigenvalue weighted by atomic mass is 10.1. The van der Waals surface area contributed by atoms with Crippen LogP contribution in [0.25, 0.3) is 0 Å². The minimum absolute atomic E-state index is 0.0813. The Morgan fingerprint density at radius 3 is 2.80 bits per heavy atom. The molecule has 1 aliphatic rings. The number of ether oxygens (including phenoxy) is 2. The Kier molecular flexibility index (Phi) is 5.38. The van der Waals surface area contributed by atoms with Crippen LogP contribution in [0.2, 0.25) is 0 Å². The molecule has 1 aromatic rings. The largest absolute Gasteiger partial charge is 0.492 e. The van der Waals surface area contributed by atoms with E-state index in [2.05, 4.69) is 4.90 Å². The highest BCUT2D eigenvalue weighted by molar-refractivity contribution is 5.94. The molecule has 0 radical (unpaired) electrons. The topological polar surface area (TPSA) is 71.6 Å². The first-order valence-electron chi connectivity index (χ1n) is 6.97. The molecule has 0 aromatic heterocycles. The summed E-state index contributed by atoms with van der Waals surface area (Å²) < 4.78 is 10.9. The fourth-order valence-corrected chi connectivity index (χ4v) is 2.51. The molecule has 1 heterocycles. The lowest BCUT2D eigenvalue weighted by molar-refractivity contribution is 0.150. The maximum Gasteiger partial charge on any atom is 0.122 e. The van der Waals surface area contributed by atoms with Crippen LogP contribution < -0.4 is 10.5 Å². The van der Waals surface area contributed by atoms with E-state index in [4.69, 9.17) is 20.6 Å². The number of amidine groups is 1. The third-order valence-electron chi connectivity index (χ3n) is 3.61. The summed E-state index contributed by atoms with van der Waals surface area (Å²) in [6, 6.07) is 7.33. The molecule has 5 heteroatoms. The van der Waals surface area contributed by atoms with Gasteiger partial charge in [0.15, 0.2) is 0 Å². The number of nitrogens with one attached hydrogen (secondary N) is 1. The van der Waals surface area contributed by atoms with Crippen molar-refractivity contribution >= 4 is 5.84 Å². The van der Waals surface area contributed by atoms with E-state index in [0.29, 0.717) is 12.5 Å². The zero-order valence-electron chi connectivity index (χ0n) is 12.0.